The van der Waals surface area contributed by atoms with Crippen molar-refractivity contribution in [2.75, 3.05) is 25.4 Å². The molecule has 5 rings (SSSR count). The van der Waals surface area contributed by atoms with Crippen molar-refractivity contribution in [3.8, 4) is 11.5 Å². The lowest BCUT2D eigenvalue weighted by molar-refractivity contribution is -0.0515. The van der Waals surface area contributed by atoms with Gasteiger partial charge in [-0.3, -0.25) is 14.5 Å². The Kier molecular flexibility index (Phi) is 11.1. The monoisotopic (exact) mass is 739 g/mol. The minimum absolute atomic E-state index is 0.0258. The number of amides is 1. The minimum Gasteiger partial charge on any atom is -0.489 e. The van der Waals surface area contributed by atoms with E-state index in [1.165, 1.54) is 71.9 Å². The number of nitrogens with one attached hydrogen (secondary N) is 1. The molecule has 16 heteroatoms. The van der Waals surface area contributed by atoms with E-state index < -0.39 is 28.7 Å². The zero-order valence-corrected chi connectivity index (χ0v) is 28.6. The van der Waals surface area contributed by atoms with Gasteiger partial charge < -0.3 is 19.1 Å². The van der Waals surface area contributed by atoms with Crippen molar-refractivity contribution >= 4 is 62.1 Å². The van der Waals surface area contributed by atoms with Crippen molar-refractivity contribution in [2.45, 2.75) is 36.2 Å². The number of carbonyl (C=O) groups excluding carboxylic acids is 2. The van der Waals surface area contributed by atoms with Gasteiger partial charge in [0.05, 0.1) is 16.7 Å². The second-order valence-corrected chi connectivity index (χ2v) is 14.8. The van der Waals surface area contributed by atoms with Crippen LogP contribution in [-0.2, 0) is 21.2 Å². The number of nitrogens with zero attached hydrogens (tertiary/aromatic N) is 2. The van der Waals surface area contributed by atoms with E-state index in [0.717, 1.165) is 12.8 Å². The van der Waals surface area contributed by atoms with Gasteiger partial charge in [-0.25, -0.2) is 13.2 Å². The molecule has 254 valence electrons. The van der Waals surface area contributed by atoms with Crippen LogP contribution in [0.2, 0.25) is 10.0 Å². The maximum absolute atomic E-state index is 13.5. The maximum Gasteiger partial charge on any atom is 0.387 e. The van der Waals surface area contributed by atoms with Crippen molar-refractivity contribution in [2.24, 2.45) is 5.92 Å². The summed E-state index contributed by atoms with van der Waals surface area (Å²) in [6, 6.07) is 12.7. The summed E-state index contributed by atoms with van der Waals surface area (Å²) in [5, 5.41) is 0.419. The number of hydrogen-bond donors (Lipinski definition) is 1. The number of aromatic nitrogens is 1. The van der Waals surface area contributed by atoms with E-state index >= 15 is 0 Å². The summed E-state index contributed by atoms with van der Waals surface area (Å²) in [5.74, 6) is -0.924. The van der Waals surface area contributed by atoms with Crippen LogP contribution in [0.25, 0.3) is 0 Å². The Bertz CT molecular complexity index is 1880. The highest BCUT2D eigenvalue weighted by atomic mass is 35.5. The van der Waals surface area contributed by atoms with Crippen molar-refractivity contribution in [1.29, 1.82) is 0 Å². The maximum atomic E-state index is 13.5. The lowest BCUT2D eigenvalue weighted by Crippen LogP contribution is -2.21. The van der Waals surface area contributed by atoms with Crippen molar-refractivity contribution in [3.63, 3.8) is 0 Å². The fraction of sp³-hybridized carbons (Fsp3) is 0.281. The molecule has 10 nitrogen and oxygen atoms in total. The number of sulfonamides is 1. The van der Waals surface area contributed by atoms with E-state index in [0.29, 0.717) is 40.6 Å². The van der Waals surface area contributed by atoms with Gasteiger partial charge >= 0.3 is 12.6 Å². The fourth-order valence-electron chi connectivity index (χ4n) is 4.48. The first-order valence-corrected chi connectivity index (χ1v) is 17.5. The third-order valence-corrected chi connectivity index (χ3v) is 10.7. The number of pyridine rings is 1. The molecule has 4 aromatic rings. The first kappa shape index (κ1) is 35.3. The minimum atomic E-state index is -4.11. The first-order valence-electron chi connectivity index (χ1n) is 14.5. The number of alkyl halides is 2. The summed E-state index contributed by atoms with van der Waals surface area (Å²) >= 11 is 13.4. The molecule has 48 heavy (non-hydrogen) atoms. The zero-order valence-electron chi connectivity index (χ0n) is 25.5. The van der Waals surface area contributed by atoms with Gasteiger partial charge in [-0.15, -0.1) is 11.3 Å². The molecule has 0 aliphatic heterocycles. The average Bonchev–Trinajstić information content (AvgIpc) is 3.72. The van der Waals surface area contributed by atoms with E-state index in [2.05, 4.69) is 14.4 Å². The molecule has 2 aromatic heterocycles. The van der Waals surface area contributed by atoms with E-state index in [-0.39, 0.29) is 48.6 Å². The van der Waals surface area contributed by atoms with Crippen LogP contribution in [0.5, 0.6) is 11.5 Å². The van der Waals surface area contributed by atoms with Crippen LogP contribution in [0.4, 0.5) is 14.5 Å². The Morgan fingerprint density at radius 2 is 1.71 bits per heavy atom. The van der Waals surface area contributed by atoms with Crippen LogP contribution in [0.1, 0.15) is 50.1 Å². The number of thiophene rings is 1. The van der Waals surface area contributed by atoms with Gasteiger partial charge in [0, 0.05) is 44.2 Å². The number of halogens is 4. The third-order valence-electron chi connectivity index (χ3n) is 7.16. The number of benzene rings is 2. The molecular weight excluding hydrogens is 711 g/mol. The van der Waals surface area contributed by atoms with E-state index in [1.54, 1.807) is 14.1 Å². The number of ether oxygens (including phenoxy) is 3. The van der Waals surface area contributed by atoms with Gasteiger partial charge in [0.1, 0.15) is 15.2 Å². The summed E-state index contributed by atoms with van der Waals surface area (Å²) in [6.45, 7) is -2.79. The molecule has 1 N–H and O–H groups in total. The Labute approximate surface area is 289 Å². The highest BCUT2D eigenvalue weighted by Crippen LogP contribution is 2.38. The van der Waals surface area contributed by atoms with Crippen LogP contribution >= 0.6 is 34.5 Å². The van der Waals surface area contributed by atoms with Crippen molar-refractivity contribution in [1.82, 2.24) is 9.88 Å². The number of anilines is 1. The van der Waals surface area contributed by atoms with Gasteiger partial charge in [0.25, 0.3) is 15.9 Å². The van der Waals surface area contributed by atoms with Crippen LogP contribution < -0.4 is 14.2 Å². The van der Waals surface area contributed by atoms with Crippen LogP contribution in [0.3, 0.4) is 0 Å². The Balaban J connectivity index is 1.39. The summed E-state index contributed by atoms with van der Waals surface area (Å²) in [6.07, 6.45) is 3.57. The standard InChI is InChI=1S/C32H29Cl2F2N3O7S2/c1-39(2)30(40)19-5-8-21(9-6-19)38-48(42,43)29-12-11-28(47-29)31(41)45-26(14-22-23(33)15-37-16-24(22)34)20-7-10-25(46-32(35)36)27(13-20)44-17-18-3-4-18/h5-13,15-16,18,26,32,38H,3-4,14,17H2,1-2H3/t26-/m0/s1. The molecule has 0 bridgehead atoms. The topological polar surface area (TPSA) is 124 Å². The third kappa shape index (κ3) is 8.92. The molecule has 0 radical (unpaired) electrons. The van der Waals surface area contributed by atoms with Gasteiger partial charge in [-0.1, -0.05) is 29.3 Å². The molecule has 1 aliphatic rings. The Morgan fingerprint density at radius 3 is 2.33 bits per heavy atom. The zero-order chi connectivity index (χ0) is 34.6. The number of esters is 1. The molecule has 1 aliphatic carbocycles. The molecule has 2 aromatic carbocycles. The summed E-state index contributed by atoms with van der Waals surface area (Å²) in [4.78, 5) is 30.9. The van der Waals surface area contributed by atoms with Crippen LogP contribution in [-0.4, -0.2) is 57.5 Å². The van der Waals surface area contributed by atoms with E-state index in [4.69, 9.17) is 32.7 Å². The quantitative estimate of drug-likeness (QED) is 0.132. The number of rotatable bonds is 14. The SMILES string of the molecule is CN(C)C(=O)c1ccc(NS(=O)(=O)c2ccc(C(=O)O[C@@H](Cc3c(Cl)cncc3Cl)c3ccc(OC(F)F)c(OCC4CC4)c3)s2)cc1. The van der Waals surface area contributed by atoms with Gasteiger partial charge in [-0.2, -0.15) is 8.78 Å². The predicted molar refractivity (Wildman–Crippen MR) is 177 cm³/mol. The molecule has 1 fully saturated rings. The molecule has 0 unspecified atom stereocenters. The average molecular weight is 741 g/mol. The van der Waals surface area contributed by atoms with Gasteiger partial charge in [0.2, 0.25) is 0 Å². The smallest absolute Gasteiger partial charge is 0.387 e. The lowest BCUT2D eigenvalue weighted by atomic mass is 10.0. The summed E-state index contributed by atoms with van der Waals surface area (Å²) in [5.41, 5.74) is 1.37. The number of carbonyl (C=O) groups is 2. The summed E-state index contributed by atoms with van der Waals surface area (Å²) < 4.78 is 71.2. The number of hydrogen-bond acceptors (Lipinski definition) is 9. The normalized spacial score (nSPS) is 13.6. The van der Waals surface area contributed by atoms with E-state index in [1.807, 2.05) is 0 Å². The van der Waals surface area contributed by atoms with Crippen molar-refractivity contribution < 1.29 is 41.0 Å². The molecule has 1 saturated carbocycles. The first-order chi connectivity index (χ1) is 22.8. The molecule has 1 atom stereocenters. The highest BCUT2D eigenvalue weighted by Gasteiger charge is 2.27. The van der Waals surface area contributed by atoms with Crippen molar-refractivity contribution in [3.05, 3.63) is 98.6 Å². The summed E-state index contributed by atoms with van der Waals surface area (Å²) in [7, 11) is -0.904. The molecule has 2 heterocycles. The lowest BCUT2D eigenvalue weighted by Gasteiger charge is -2.21. The van der Waals surface area contributed by atoms with Crippen LogP contribution in [0, 0.1) is 5.92 Å². The van der Waals surface area contributed by atoms with Gasteiger partial charge in [-0.05, 0) is 78.4 Å². The second-order valence-electron chi connectivity index (χ2n) is 11.0. The highest BCUT2D eigenvalue weighted by molar-refractivity contribution is 7.94. The predicted octanol–water partition coefficient (Wildman–Crippen LogP) is 7.48. The Hall–Kier alpha value is -3.98. The largest absolute Gasteiger partial charge is 0.489 e. The fourth-order valence-corrected chi connectivity index (χ4v) is 7.24. The molecular formula is C32H29Cl2F2N3O7S2. The second kappa shape index (κ2) is 15.1. The molecule has 1 amide bonds. The van der Waals surface area contributed by atoms with Crippen LogP contribution in [0.15, 0.2) is 71.2 Å². The van der Waals surface area contributed by atoms with E-state index in [9.17, 15) is 26.8 Å². The molecule has 0 saturated heterocycles. The Morgan fingerprint density at radius 1 is 1.02 bits per heavy atom. The molecule has 0 spiro atoms. The van der Waals surface area contributed by atoms with Gasteiger partial charge in [0.15, 0.2) is 11.5 Å².